The minimum Gasteiger partial charge on any atom is -0.396 e. The number of rotatable bonds is 13. The summed E-state index contributed by atoms with van der Waals surface area (Å²) in [7, 11) is 0. The summed E-state index contributed by atoms with van der Waals surface area (Å²) in [6, 6.07) is 0. The second kappa shape index (κ2) is 11.7. The highest BCUT2D eigenvalue weighted by atomic mass is 16.3. The molecule has 2 atom stereocenters. The van der Waals surface area contributed by atoms with E-state index in [0.717, 1.165) is 6.42 Å². The van der Waals surface area contributed by atoms with E-state index in [4.69, 9.17) is 10.8 Å². The van der Waals surface area contributed by atoms with Gasteiger partial charge in [-0.25, -0.2) is 0 Å². The molecule has 2 unspecified atom stereocenters. The molecule has 0 saturated carbocycles. The van der Waals surface area contributed by atoms with E-state index in [1.165, 1.54) is 64.2 Å². The number of hydrogen-bond donors (Lipinski definition) is 2. The van der Waals surface area contributed by atoms with Crippen molar-refractivity contribution in [1.82, 2.24) is 0 Å². The zero-order valence-electron chi connectivity index (χ0n) is 13.6. The van der Waals surface area contributed by atoms with E-state index in [-0.39, 0.29) is 18.1 Å². The molecule has 0 spiro atoms. The second-order valence-corrected chi connectivity index (χ2v) is 6.52. The summed E-state index contributed by atoms with van der Waals surface area (Å²) in [6.45, 7) is 6.57. The lowest BCUT2D eigenvalue weighted by Crippen LogP contribution is -2.44. The van der Waals surface area contributed by atoms with E-state index in [9.17, 15) is 0 Å². The molecule has 0 saturated heterocycles. The third-order valence-corrected chi connectivity index (χ3v) is 4.47. The molecule has 0 radical (unpaired) electrons. The van der Waals surface area contributed by atoms with Crippen LogP contribution in [0.5, 0.6) is 0 Å². The van der Waals surface area contributed by atoms with E-state index < -0.39 is 0 Å². The maximum Gasteiger partial charge on any atom is 0.0474 e. The number of aliphatic hydroxyl groups excluding tert-OH is 1. The summed E-state index contributed by atoms with van der Waals surface area (Å²) < 4.78 is 0. The molecule has 0 aromatic rings. The summed E-state index contributed by atoms with van der Waals surface area (Å²) in [4.78, 5) is 0. The van der Waals surface area contributed by atoms with E-state index in [1.807, 2.05) is 6.92 Å². The third kappa shape index (κ3) is 10.4. The van der Waals surface area contributed by atoms with Crippen LogP contribution in [0.15, 0.2) is 0 Å². The van der Waals surface area contributed by atoms with Crippen LogP contribution in [0.25, 0.3) is 0 Å². The predicted molar refractivity (Wildman–Crippen MR) is 85.3 cm³/mol. The summed E-state index contributed by atoms with van der Waals surface area (Å²) in [5, 5.41) is 9.15. The highest BCUT2D eigenvalue weighted by Gasteiger charge is 2.24. The maximum absolute atomic E-state index is 9.15. The fourth-order valence-corrected chi connectivity index (χ4v) is 2.45. The predicted octanol–water partition coefficient (Wildman–Crippen LogP) is 4.64. The Morgan fingerprint density at radius 2 is 1.32 bits per heavy atom. The summed E-state index contributed by atoms with van der Waals surface area (Å²) in [5.41, 5.74) is 6.02. The Bertz CT molecular complexity index is 192. The molecule has 2 nitrogen and oxygen atoms in total. The zero-order chi connectivity index (χ0) is 14.6. The molecule has 2 heteroatoms. The standard InChI is InChI=1S/C17H37NO/c1-4-5-6-7-8-9-10-11-12-13-14-17(3,18)16(2)15-19/h16,19H,4-15,18H2,1-3H3. The van der Waals surface area contributed by atoms with Gasteiger partial charge in [0.25, 0.3) is 0 Å². The SMILES string of the molecule is CCCCCCCCCCCCC(C)(N)C(C)CO. The zero-order valence-corrected chi connectivity index (χ0v) is 13.6. The van der Waals surface area contributed by atoms with Gasteiger partial charge in [0.2, 0.25) is 0 Å². The lowest BCUT2D eigenvalue weighted by molar-refractivity contribution is 0.165. The first-order chi connectivity index (χ1) is 9.04. The summed E-state index contributed by atoms with van der Waals surface area (Å²) in [5.74, 6) is 0.200. The van der Waals surface area contributed by atoms with Crippen molar-refractivity contribution in [3.8, 4) is 0 Å². The van der Waals surface area contributed by atoms with Crippen LogP contribution in [0.4, 0.5) is 0 Å². The van der Waals surface area contributed by atoms with Crippen LogP contribution in [0.1, 0.15) is 91.4 Å². The normalized spacial score (nSPS) is 16.3. The van der Waals surface area contributed by atoms with Crippen LogP contribution < -0.4 is 5.73 Å². The van der Waals surface area contributed by atoms with Gasteiger partial charge in [0.1, 0.15) is 0 Å². The number of unbranched alkanes of at least 4 members (excludes halogenated alkanes) is 9. The first-order valence-corrected chi connectivity index (χ1v) is 8.44. The molecule has 3 N–H and O–H groups in total. The van der Waals surface area contributed by atoms with Crippen molar-refractivity contribution in [3.63, 3.8) is 0 Å². The summed E-state index contributed by atoms with van der Waals surface area (Å²) in [6.07, 6.45) is 14.6. The minimum absolute atomic E-state index is 0.199. The van der Waals surface area contributed by atoms with Crippen molar-refractivity contribution >= 4 is 0 Å². The summed E-state index contributed by atoms with van der Waals surface area (Å²) >= 11 is 0. The molecular weight excluding hydrogens is 234 g/mol. The van der Waals surface area contributed by atoms with Gasteiger partial charge in [-0.2, -0.15) is 0 Å². The Hall–Kier alpha value is -0.0800. The van der Waals surface area contributed by atoms with Gasteiger partial charge in [-0.3, -0.25) is 0 Å². The number of aliphatic hydroxyl groups is 1. The van der Waals surface area contributed by atoms with Crippen LogP contribution in [0, 0.1) is 5.92 Å². The van der Waals surface area contributed by atoms with Crippen molar-refractivity contribution in [2.45, 2.75) is 96.9 Å². The molecule has 0 aromatic heterocycles. The minimum atomic E-state index is -0.200. The quantitative estimate of drug-likeness (QED) is 0.479. The van der Waals surface area contributed by atoms with Crippen molar-refractivity contribution in [3.05, 3.63) is 0 Å². The van der Waals surface area contributed by atoms with Crippen molar-refractivity contribution in [2.24, 2.45) is 11.7 Å². The average molecular weight is 271 g/mol. The van der Waals surface area contributed by atoms with Gasteiger partial charge in [0, 0.05) is 12.1 Å². The molecule has 19 heavy (non-hydrogen) atoms. The van der Waals surface area contributed by atoms with Gasteiger partial charge < -0.3 is 10.8 Å². The smallest absolute Gasteiger partial charge is 0.0474 e. The van der Waals surface area contributed by atoms with Gasteiger partial charge in [-0.15, -0.1) is 0 Å². The molecule has 0 amide bonds. The number of hydrogen-bond acceptors (Lipinski definition) is 2. The van der Waals surface area contributed by atoms with E-state index in [1.54, 1.807) is 0 Å². The van der Waals surface area contributed by atoms with Gasteiger partial charge in [0.15, 0.2) is 0 Å². The average Bonchev–Trinajstić information content (AvgIpc) is 2.39. The van der Waals surface area contributed by atoms with Crippen molar-refractivity contribution in [2.75, 3.05) is 6.61 Å². The molecule has 0 heterocycles. The van der Waals surface area contributed by atoms with Crippen LogP contribution >= 0.6 is 0 Å². The molecule has 0 aliphatic heterocycles. The number of nitrogens with two attached hydrogens (primary N) is 1. The first kappa shape index (κ1) is 18.9. The van der Waals surface area contributed by atoms with E-state index in [2.05, 4.69) is 13.8 Å². The Morgan fingerprint density at radius 3 is 1.74 bits per heavy atom. The molecular formula is C17H37NO. The molecule has 116 valence electrons. The van der Waals surface area contributed by atoms with Gasteiger partial charge in [-0.05, 0) is 19.3 Å². The molecule has 0 aliphatic carbocycles. The van der Waals surface area contributed by atoms with Gasteiger partial charge in [0.05, 0.1) is 0 Å². The van der Waals surface area contributed by atoms with Crippen LogP contribution in [-0.4, -0.2) is 17.3 Å². The topological polar surface area (TPSA) is 46.2 Å². The lowest BCUT2D eigenvalue weighted by atomic mass is 9.84. The van der Waals surface area contributed by atoms with Crippen LogP contribution in [0.2, 0.25) is 0 Å². The fourth-order valence-electron chi connectivity index (χ4n) is 2.45. The molecule has 0 aromatic carbocycles. The van der Waals surface area contributed by atoms with Gasteiger partial charge >= 0.3 is 0 Å². The molecule has 0 bridgehead atoms. The van der Waals surface area contributed by atoms with E-state index >= 15 is 0 Å². The largest absolute Gasteiger partial charge is 0.396 e. The van der Waals surface area contributed by atoms with Crippen molar-refractivity contribution in [1.29, 1.82) is 0 Å². The highest BCUT2D eigenvalue weighted by molar-refractivity contribution is 4.83. The second-order valence-electron chi connectivity index (χ2n) is 6.52. The monoisotopic (exact) mass is 271 g/mol. The maximum atomic E-state index is 9.15. The Kier molecular flexibility index (Phi) is 11.7. The lowest BCUT2D eigenvalue weighted by Gasteiger charge is -2.30. The van der Waals surface area contributed by atoms with Gasteiger partial charge in [-0.1, -0.05) is 78.1 Å². The third-order valence-electron chi connectivity index (χ3n) is 4.47. The molecule has 0 aliphatic rings. The Balaban J connectivity index is 3.31. The van der Waals surface area contributed by atoms with Crippen molar-refractivity contribution < 1.29 is 5.11 Å². The Morgan fingerprint density at radius 1 is 0.895 bits per heavy atom. The fraction of sp³-hybridized carbons (Fsp3) is 1.00. The molecule has 0 rings (SSSR count). The van der Waals surface area contributed by atoms with Crippen LogP contribution in [-0.2, 0) is 0 Å². The highest BCUT2D eigenvalue weighted by Crippen LogP contribution is 2.21. The molecule has 0 fully saturated rings. The Labute approximate surface area is 121 Å². The van der Waals surface area contributed by atoms with Crippen LogP contribution in [0.3, 0.4) is 0 Å². The first-order valence-electron chi connectivity index (χ1n) is 8.44. The van der Waals surface area contributed by atoms with E-state index in [0.29, 0.717) is 0 Å².